The van der Waals surface area contributed by atoms with Crippen LogP contribution < -0.4 is 5.32 Å². The van der Waals surface area contributed by atoms with Gasteiger partial charge < -0.3 is 10.1 Å². The number of nitrogens with one attached hydrogen (secondary N) is 1. The van der Waals surface area contributed by atoms with E-state index >= 15 is 0 Å². The predicted octanol–water partition coefficient (Wildman–Crippen LogP) is 1.40. The number of hydrogen-bond donors (Lipinski definition) is 1. The van der Waals surface area contributed by atoms with Crippen LogP contribution in [0, 0.1) is 13.8 Å². The van der Waals surface area contributed by atoms with E-state index < -0.39 is 27.9 Å². The van der Waals surface area contributed by atoms with E-state index in [2.05, 4.69) is 10.1 Å². The molecule has 0 bridgehead atoms. The lowest BCUT2D eigenvalue weighted by Crippen LogP contribution is -2.47. The van der Waals surface area contributed by atoms with Crippen LogP contribution in [0.5, 0.6) is 0 Å². The van der Waals surface area contributed by atoms with Gasteiger partial charge >= 0.3 is 5.97 Å². The third-order valence-corrected chi connectivity index (χ3v) is 6.64. The Bertz CT molecular complexity index is 794. The van der Waals surface area contributed by atoms with Gasteiger partial charge in [-0.15, -0.1) is 0 Å². The molecule has 0 radical (unpaired) electrons. The van der Waals surface area contributed by atoms with Crippen molar-refractivity contribution in [3.63, 3.8) is 0 Å². The maximum Gasteiger partial charge on any atom is 0.325 e. The normalized spacial score (nSPS) is 18.2. The van der Waals surface area contributed by atoms with Crippen LogP contribution >= 0.6 is 11.6 Å². The molecule has 2 rings (SSSR count). The standard InChI is InChI=1S/C16H21ClN2O5S/c1-10-8-14(11(2)7-12(10)17)25(22,23)19-6-4-5-13(19)16(21)18-9-15(20)24-3/h7-8,13H,4-6,9H2,1-3H3,(H,18,21)/t13-/m0/s1. The number of rotatable bonds is 5. The van der Waals surface area contributed by atoms with Crippen molar-refractivity contribution in [1.82, 2.24) is 9.62 Å². The number of carbonyl (C=O) groups excluding carboxylic acids is 2. The third kappa shape index (κ3) is 4.13. The first kappa shape index (κ1) is 19.7. The van der Waals surface area contributed by atoms with Crippen molar-refractivity contribution >= 4 is 33.5 Å². The molecule has 1 aromatic rings. The summed E-state index contributed by atoms with van der Waals surface area (Å²) in [6, 6.07) is 2.28. The average Bonchev–Trinajstić information content (AvgIpc) is 3.06. The molecule has 1 saturated heterocycles. The summed E-state index contributed by atoms with van der Waals surface area (Å²) in [5, 5.41) is 2.91. The van der Waals surface area contributed by atoms with E-state index in [0.29, 0.717) is 29.0 Å². The van der Waals surface area contributed by atoms with E-state index in [-0.39, 0.29) is 18.0 Å². The number of halogens is 1. The summed E-state index contributed by atoms with van der Waals surface area (Å²) in [6.07, 6.45) is 0.971. The molecular formula is C16H21ClN2O5S. The summed E-state index contributed by atoms with van der Waals surface area (Å²) in [5.74, 6) is -1.10. The molecule has 1 N–H and O–H groups in total. The van der Waals surface area contributed by atoms with Crippen molar-refractivity contribution in [1.29, 1.82) is 0 Å². The van der Waals surface area contributed by atoms with E-state index in [1.165, 1.54) is 17.5 Å². The van der Waals surface area contributed by atoms with Crippen LogP contribution in [0.15, 0.2) is 17.0 Å². The molecule has 0 spiro atoms. The first-order valence-corrected chi connectivity index (χ1v) is 9.63. The zero-order chi connectivity index (χ0) is 18.8. The quantitative estimate of drug-likeness (QED) is 0.769. The van der Waals surface area contributed by atoms with Gasteiger partial charge in [-0.05, 0) is 49.9 Å². The van der Waals surface area contributed by atoms with Gasteiger partial charge in [0.25, 0.3) is 0 Å². The van der Waals surface area contributed by atoms with E-state index in [9.17, 15) is 18.0 Å². The molecule has 138 valence electrons. The number of esters is 1. The lowest BCUT2D eigenvalue weighted by molar-refractivity contribution is -0.141. The van der Waals surface area contributed by atoms with Crippen molar-refractivity contribution in [3.8, 4) is 0 Å². The van der Waals surface area contributed by atoms with Gasteiger partial charge in [-0.3, -0.25) is 9.59 Å². The highest BCUT2D eigenvalue weighted by Crippen LogP contribution is 2.30. The predicted molar refractivity (Wildman–Crippen MR) is 92.9 cm³/mol. The molecule has 0 aliphatic carbocycles. The highest BCUT2D eigenvalue weighted by atomic mass is 35.5. The molecule has 1 atom stereocenters. The van der Waals surface area contributed by atoms with Gasteiger partial charge in [0, 0.05) is 11.6 Å². The molecule has 0 aromatic heterocycles. The number of ether oxygens (including phenoxy) is 1. The van der Waals surface area contributed by atoms with E-state index in [4.69, 9.17) is 11.6 Å². The Morgan fingerprint density at radius 2 is 2.00 bits per heavy atom. The van der Waals surface area contributed by atoms with Gasteiger partial charge in [-0.25, -0.2) is 8.42 Å². The van der Waals surface area contributed by atoms with Crippen LogP contribution in [0.1, 0.15) is 24.0 Å². The smallest absolute Gasteiger partial charge is 0.325 e. The molecule has 1 fully saturated rings. The largest absolute Gasteiger partial charge is 0.468 e. The SMILES string of the molecule is COC(=O)CNC(=O)[C@@H]1CCCN1S(=O)(=O)c1cc(C)c(Cl)cc1C. The van der Waals surface area contributed by atoms with Crippen molar-refractivity contribution in [3.05, 3.63) is 28.3 Å². The maximum atomic E-state index is 13.0. The summed E-state index contributed by atoms with van der Waals surface area (Å²) in [6.45, 7) is 3.35. The molecule has 7 nitrogen and oxygen atoms in total. The first-order valence-electron chi connectivity index (χ1n) is 7.81. The fraction of sp³-hybridized carbons (Fsp3) is 0.500. The molecule has 1 heterocycles. The number of amides is 1. The van der Waals surface area contributed by atoms with Crippen LogP contribution in [0.2, 0.25) is 5.02 Å². The molecule has 9 heteroatoms. The zero-order valence-electron chi connectivity index (χ0n) is 14.3. The van der Waals surface area contributed by atoms with Crippen molar-refractivity contribution in [2.24, 2.45) is 0 Å². The highest BCUT2D eigenvalue weighted by Gasteiger charge is 2.40. The Kier molecular flexibility index (Phi) is 6.08. The summed E-state index contributed by atoms with van der Waals surface area (Å²) in [7, 11) is -2.63. The van der Waals surface area contributed by atoms with Crippen LogP contribution in [0.3, 0.4) is 0 Å². The molecular weight excluding hydrogens is 368 g/mol. The number of benzene rings is 1. The minimum atomic E-state index is -3.85. The molecule has 0 saturated carbocycles. The van der Waals surface area contributed by atoms with Crippen LogP contribution in [0.4, 0.5) is 0 Å². The lowest BCUT2D eigenvalue weighted by Gasteiger charge is -2.24. The van der Waals surface area contributed by atoms with Gasteiger partial charge in [0.2, 0.25) is 15.9 Å². The Labute approximate surface area is 152 Å². The monoisotopic (exact) mass is 388 g/mol. The van der Waals surface area contributed by atoms with Gasteiger partial charge in [-0.2, -0.15) is 4.31 Å². The molecule has 0 unspecified atom stereocenters. The molecule has 25 heavy (non-hydrogen) atoms. The summed E-state index contributed by atoms with van der Waals surface area (Å²) < 4.78 is 31.7. The number of hydrogen-bond acceptors (Lipinski definition) is 5. The fourth-order valence-electron chi connectivity index (χ4n) is 2.80. The molecule has 1 aromatic carbocycles. The minimum absolute atomic E-state index is 0.141. The van der Waals surface area contributed by atoms with Crippen LogP contribution in [-0.2, 0) is 24.3 Å². The number of sulfonamides is 1. The number of aryl methyl sites for hydroxylation is 2. The summed E-state index contributed by atoms with van der Waals surface area (Å²) >= 11 is 6.04. The van der Waals surface area contributed by atoms with Crippen molar-refractivity contribution in [2.75, 3.05) is 20.2 Å². The average molecular weight is 389 g/mol. The second kappa shape index (κ2) is 7.72. The minimum Gasteiger partial charge on any atom is -0.468 e. The Morgan fingerprint density at radius 1 is 1.32 bits per heavy atom. The van der Waals surface area contributed by atoms with Crippen molar-refractivity contribution in [2.45, 2.75) is 37.6 Å². The molecule has 1 aliphatic heterocycles. The molecule has 1 aliphatic rings. The van der Waals surface area contributed by atoms with Crippen molar-refractivity contribution < 1.29 is 22.7 Å². The van der Waals surface area contributed by atoms with Gasteiger partial charge in [0.1, 0.15) is 12.6 Å². The Hall–Kier alpha value is -1.64. The topological polar surface area (TPSA) is 92.8 Å². The van der Waals surface area contributed by atoms with Crippen LogP contribution in [0.25, 0.3) is 0 Å². The zero-order valence-corrected chi connectivity index (χ0v) is 15.9. The second-order valence-electron chi connectivity index (χ2n) is 5.93. The second-order valence-corrected chi connectivity index (χ2v) is 8.20. The van der Waals surface area contributed by atoms with Gasteiger partial charge in [0.05, 0.1) is 12.0 Å². The molecule has 1 amide bonds. The van der Waals surface area contributed by atoms with E-state index in [0.717, 1.165) is 0 Å². The number of nitrogens with zero attached hydrogens (tertiary/aromatic N) is 1. The number of methoxy groups -OCH3 is 1. The Morgan fingerprint density at radius 3 is 2.64 bits per heavy atom. The summed E-state index contributed by atoms with van der Waals surface area (Å²) in [4.78, 5) is 23.6. The maximum absolute atomic E-state index is 13.0. The van der Waals surface area contributed by atoms with Crippen LogP contribution in [-0.4, -0.2) is 50.8 Å². The Balaban J connectivity index is 2.27. The fourth-order valence-corrected chi connectivity index (χ4v) is 4.97. The lowest BCUT2D eigenvalue weighted by atomic mass is 10.2. The van der Waals surface area contributed by atoms with Gasteiger partial charge in [-0.1, -0.05) is 11.6 Å². The summed E-state index contributed by atoms with van der Waals surface area (Å²) in [5.41, 5.74) is 1.17. The van der Waals surface area contributed by atoms with E-state index in [1.54, 1.807) is 19.9 Å². The van der Waals surface area contributed by atoms with Gasteiger partial charge in [0.15, 0.2) is 0 Å². The number of carbonyl (C=O) groups is 2. The first-order chi connectivity index (χ1) is 11.7. The third-order valence-electron chi connectivity index (χ3n) is 4.18. The highest BCUT2D eigenvalue weighted by molar-refractivity contribution is 7.89. The van der Waals surface area contributed by atoms with E-state index in [1.807, 2.05) is 0 Å².